The molecule has 2 rings (SSSR count). The number of aromatic hydroxyl groups is 1. The van der Waals surface area contributed by atoms with E-state index in [9.17, 15) is 20.0 Å². The van der Waals surface area contributed by atoms with Crippen LogP contribution in [0.3, 0.4) is 0 Å². The third-order valence-corrected chi connectivity index (χ3v) is 2.77. The maximum Gasteiger partial charge on any atom is 0.270 e. The van der Waals surface area contributed by atoms with Gasteiger partial charge in [0.05, 0.1) is 10.5 Å². The van der Waals surface area contributed by atoms with Crippen molar-refractivity contribution in [2.24, 2.45) is 0 Å². The third-order valence-electron chi connectivity index (χ3n) is 2.77. The fraction of sp³-hybridized carbons (Fsp3) is 0.0714. The van der Waals surface area contributed by atoms with E-state index >= 15 is 0 Å². The molecule has 2 aromatic carbocycles. The van der Waals surface area contributed by atoms with Crippen molar-refractivity contribution in [3.63, 3.8) is 0 Å². The lowest BCUT2D eigenvalue weighted by Crippen LogP contribution is -1.94. The fourth-order valence-corrected chi connectivity index (χ4v) is 1.80. The molecular formula is C14H11NO4. The Morgan fingerprint density at radius 2 is 1.84 bits per heavy atom. The Balaban J connectivity index is 2.53. The van der Waals surface area contributed by atoms with Crippen molar-refractivity contribution in [2.75, 3.05) is 0 Å². The van der Waals surface area contributed by atoms with Gasteiger partial charge in [-0.3, -0.25) is 14.9 Å². The lowest BCUT2D eigenvalue weighted by atomic mass is 10.0. The summed E-state index contributed by atoms with van der Waals surface area (Å²) in [6.07, 6.45) is 0. The normalized spacial score (nSPS) is 10.2. The van der Waals surface area contributed by atoms with Crippen molar-refractivity contribution in [1.29, 1.82) is 0 Å². The zero-order valence-corrected chi connectivity index (χ0v) is 10.2. The molecule has 2 aromatic rings. The Labute approximate surface area is 109 Å². The molecule has 0 aliphatic rings. The van der Waals surface area contributed by atoms with Crippen LogP contribution in [0.1, 0.15) is 17.3 Å². The predicted octanol–water partition coefficient (Wildman–Crippen LogP) is 3.17. The lowest BCUT2D eigenvalue weighted by molar-refractivity contribution is -0.384. The van der Waals surface area contributed by atoms with Crippen LogP contribution >= 0.6 is 0 Å². The molecule has 0 unspecified atom stereocenters. The predicted molar refractivity (Wildman–Crippen MR) is 70.2 cm³/mol. The van der Waals surface area contributed by atoms with Gasteiger partial charge in [0.15, 0.2) is 5.78 Å². The van der Waals surface area contributed by atoms with Crippen molar-refractivity contribution in [2.45, 2.75) is 6.92 Å². The quantitative estimate of drug-likeness (QED) is 0.520. The topological polar surface area (TPSA) is 80.4 Å². The van der Waals surface area contributed by atoms with E-state index in [0.29, 0.717) is 11.1 Å². The van der Waals surface area contributed by atoms with Crippen LogP contribution in [-0.2, 0) is 0 Å². The smallest absolute Gasteiger partial charge is 0.270 e. The van der Waals surface area contributed by atoms with Gasteiger partial charge in [-0.25, -0.2) is 0 Å². The second-order valence-corrected chi connectivity index (χ2v) is 4.10. The van der Waals surface area contributed by atoms with Crippen LogP contribution in [0, 0.1) is 10.1 Å². The Kier molecular flexibility index (Phi) is 3.29. The van der Waals surface area contributed by atoms with Crippen molar-refractivity contribution in [3.8, 4) is 16.9 Å². The first-order chi connectivity index (χ1) is 8.99. The molecule has 0 amide bonds. The number of nitro groups is 1. The Morgan fingerprint density at radius 3 is 2.47 bits per heavy atom. The summed E-state index contributed by atoms with van der Waals surface area (Å²) in [5, 5.41) is 20.3. The molecule has 0 bridgehead atoms. The number of hydrogen-bond donors (Lipinski definition) is 1. The number of rotatable bonds is 3. The number of Topliss-reactive ketones (excluding diaryl/α,β-unsaturated/α-hetero) is 1. The van der Waals surface area contributed by atoms with Crippen LogP contribution in [0.2, 0.25) is 0 Å². The van der Waals surface area contributed by atoms with E-state index in [1.54, 1.807) is 18.2 Å². The van der Waals surface area contributed by atoms with Crippen LogP contribution in [0.25, 0.3) is 11.1 Å². The van der Waals surface area contributed by atoms with Crippen molar-refractivity contribution >= 4 is 11.5 Å². The maximum absolute atomic E-state index is 11.4. The van der Waals surface area contributed by atoms with Crippen LogP contribution in [0.4, 0.5) is 5.69 Å². The second-order valence-electron chi connectivity index (χ2n) is 4.10. The number of carbonyl (C=O) groups excluding carboxylic acids is 1. The van der Waals surface area contributed by atoms with Gasteiger partial charge in [0.25, 0.3) is 5.69 Å². The molecule has 0 fully saturated rings. The molecule has 0 atom stereocenters. The van der Waals surface area contributed by atoms with Gasteiger partial charge in [0.1, 0.15) is 5.75 Å². The van der Waals surface area contributed by atoms with Crippen LogP contribution in [0.15, 0.2) is 42.5 Å². The largest absolute Gasteiger partial charge is 0.507 e. The average molecular weight is 257 g/mol. The van der Waals surface area contributed by atoms with Crippen LogP contribution in [0.5, 0.6) is 5.75 Å². The minimum atomic E-state index is -0.476. The molecule has 19 heavy (non-hydrogen) atoms. The maximum atomic E-state index is 11.4. The fourth-order valence-electron chi connectivity index (χ4n) is 1.80. The molecule has 0 spiro atoms. The molecule has 5 nitrogen and oxygen atoms in total. The summed E-state index contributed by atoms with van der Waals surface area (Å²) in [5.74, 6) is -0.355. The molecule has 0 saturated carbocycles. The Morgan fingerprint density at radius 1 is 1.16 bits per heavy atom. The summed E-state index contributed by atoms with van der Waals surface area (Å²) in [5.41, 5.74) is 1.45. The van der Waals surface area contributed by atoms with Gasteiger partial charge < -0.3 is 5.11 Å². The van der Waals surface area contributed by atoms with E-state index in [2.05, 4.69) is 0 Å². The molecule has 0 aliphatic carbocycles. The van der Waals surface area contributed by atoms with E-state index in [4.69, 9.17) is 0 Å². The SMILES string of the molecule is CC(=O)c1cc(-c2cccc([N+](=O)[O-])c2)ccc1O. The van der Waals surface area contributed by atoms with Crippen molar-refractivity contribution < 1.29 is 14.8 Å². The number of nitrogens with zero attached hydrogens (tertiary/aromatic N) is 1. The summed E-state index contributed by atoms with van der Waals surface area (Å²) in [7, 11) is 0. The molecule has 0 heterocycles. The zero-order valence-electron chi connectivity index (χ0n) is 10.2. The number of phenolic OH excluding ortho intramolecular Hbond substituents is 1. The van der Waals surface area contributed by atoms with Crippen LogP contribution in [-0.4, -0.2) is 15.8 Å². The summed E-state index contributed by atoms with van der Waals surface area (Å²) in [6, 6.07) is 10.7. The van der Waals surface area contributed by atoms with Gasteiger partial charge >= 0.3 is 0 Å². The first kappa shape index (κ1) is 12.8. The highest BCUT2D eigenvalue weighted by molar-refractivity contribution is 5.98. The van der Waals surface area contributed by atoms with Gasteiger partial charge in [0, 0.05) is 12.1 Å². The Bertz CT molecular complexity index is 664. The molecule has 0 aliphatic heterocycles. The highest BCUT2D eigenvalue weighted by Crippen LogP contribution is 2.28. The highest BCUT2D eigenvalue weighted by Gasteiger charge is 2.11. The van der Waals surface area contributed by atoms with E-state index in [0.717, 1.165) is 0 Å². The van der Waals surface area contributed by atoms with E-state index < -0.39 is 4.92 Å². The summed E-state index contributed by atoms with van der Waals surface area (Å²) < 4.78 is 0. The highest BCUT2D eigenvalue weighted by atomic mass is 16.6. The first-order valence-electron chi connectivity index (χ1n) is 5.58. The average Bonchev–Trinajstić information content (AvgIpc) is 2.39. The number of benzene rings is 2. The van der Waals surface area contributed by atoms with E-state index in [-0.39, 0.29) is 22.8 Å². The summed E-state index contributed by atoms with van der Waals surface area (Å²) in [4.78, 5) is 21.6. The minimum Gasteiger partial charge on any atom is -0.507 e. The zero-order chi connectivity index (χ0) is 14.0. The standard InChI is InChI=1S/C14H11NO4/c1-9(16)13-8-11(5-6-14(13)17)10-3-2-4-12(7-10)15(18)19/h2-8,17H,1H3. The molecule has 96 valence electrons. The third kappa shape index (κ3) is 2.60. The van der Waals surface area contributed by atoms with Gasteiger partial charge in [-0.1, -0.05) is 18.2 Å². The van der Waals surface area contributed by atoms with Crippen molar-refractivity contribution in [1.82, 2.24) is 0 Å². The molecule has 0 saturated heterocycles. The summed E-state index contributed by atoms with van der Waals surface area (Å²) in [6.45, 7) is 1.35. The molecule has 0 radical (unpaired) electrons. The summed E-state index contributed by atoms with van der Waals surface area (Å²) >= 11 is 0. The van der Waals surface area contributed by atoms with Crippen LogP contribution < -0.4 is 0 Å². The number of non-ortho nitro benzene ring substituents is 1. The van der Waals surface area contributed by atoms with Gasteiger partial charge in [-0.05, 0) is 30.2 Å². The monoisotopic (exact) mass is 257 g/mol. The Hall–Kier alpha value is -2.69. The minimum absolute atomic E-state index is 0.0186. The van der Waals surface area contributed by atoms with Gasteiger partial charge in [-0.2, -0.15) is 0 Å². The number of carbonyl (C=O) groups is 1. The second kappa shape index (κ2) is 4.89. The number of ketones is 1. The number of phenols is 1. The van der Waals surface area contributed by atoms with E-state index in [1.807, 2.05) is 0 Å². The van der Waals surface area contributed by atoms with Gasteiger partial charge in [0.2, 0.25) is 0 Å². The lowest BCUT2D eigenvalue weighted by Gasteiger charge is -2.05. The molecule has 1 N–H and O–H groups in total. The van der Waals surface area contributed by atoms with Crippen molar-refractivity contribution in [3.05, 3.63) is 58.1 Å². The number of hydrogen-bond acceptors (Lipinski definition) is 4. The van der Waals surface area contributed by atoms with E-state index in [1.165, 1.54) is 31.2 Å². The molecule has 5 heteroatoms. The van der Waals surface area contributed by atoms with Gasteiger partial charge in [-0.15, -0.1) is 0 Å². The number of nitro benzene ring substituents is 1. The molecule has 0 aromatic heterocycles. The molecular weight excluding hydrogens is 246 g/mol. The first-order valence-corrected chi connectivity index (χ1v) is 5.58.